The number of benzene rings is 1. The SMILES string of the molecule is FCC(CF)Oc1ccc2c(nnn2CC2CC2)c1Br. The summed E-state index contributed by atoms with van der Waals surface area (Å²) in [6.07, 6.45) is 1.39. The van der Waals surface area contributed by atoms with Crippen molar-refractivity contribution in [2.75, 3.05) is 13.3 Å². The standard InChI is InChI=1S/C13H14BrF2N3O/c14-12-11(20-9(5-15)6-16)4-3-10-13(12)17-18-19(10)7-8-1-2-8/h3-4,8-9H,1-2,5-7H2. The summed E-state index contributed by atoms with van der Waals surface area (Å²) in [5, 5.41) is 8.25. The smallest absolute Gasteiger partial charge is 0.155 e. The van der Waals surface area contributed by atoms with Gasteiger partial charge in [0.2, 0.25) is 0 Å². The van der Waals surface area contributed by atoms with Crippen LogP contribution in [0.15, 0.2) is 16.6 Å². The molecule has 0 spiro atoms. The van der Waals surface area contributed by atoms with Crippen molar-refractivity contribution in [3.63, 3.8) is 0 Å². The highest BCUT2D eigenvalue weighted by Gasteiger charge is 2.24. The van der Waals surface area contributed by atoms with Crippen molar-refractivity contribution >= 4 is 27.0 Å². The number of ether oxygens (including phenoxy) is 1. The maximum atomic E-state index is 12.5. The van der Waals surface area contributed by atoms with Crippen LogP contribution >= 0.6 is 15.9 Å². The van der Waals surface area contributed by atoms with E-state index in [0.29, 0.717) is 21.7 Å². The number of rotatable bonds is 6. The van der Waals surface area contributed by atoms with Crippen LogP contribution in [0.5, 0.6) is 5.75 Å². The van der Waals surface area contributed by atoms with Crippen LogP contribution < -0.4 is 4.74 Å². The predicted octanol–water partition coefficient (Wildman–Crippen LogP) is 3.29. The van der Waals surface area contributed by atoms with E-state index >= 15 is 0 Å². The number of alkyl halides is 2. The van der Waals surface area contributed by atoms with Gasteiger partial charge in [0.15, 0.2) is 6.10 Å². The van der Waals surface area contributed by atoms with Crippen molar-refractivity contribution in [1.29, 1.82) is 0 Å². The Labute approximate surface area is 123 Å². The Kier molecular flexibility index (Phi) is 3.87. The molecule has 0 N–H and O–H groups in total. The molecular weight excluding hydrogens is 332 g/mol. The zero-order valence-electron chi connectivity index (χ0n) is 10.7. The summed E-state index contributed by atoms with van der Waals surface area (Å²) in [6.45, 7) is -0.870. The average molecular weight is 346 g/mol. The van der Waals surface area contributed by atoms with E-state index in [2.05, 4.69) is 26.2 Å². The second-order valence-corrected chi connectivity index (χ2v) is 5.80. The quantitative estimate of drug-likeness (QED) is 0.806. The molecule has 0 amide bonds. The summed E-state index contributed by atoms with van der Waals surface area (Å²) < 4.78 is 32.8. The molecule has 4 nitrogen and oxygen atoms in total. The maximum absolute atomic E-state index is 12.5. The molecule has 1 aliphatic rings. The van der Waals surface area contributed by atoms with Crippen molar-refractivity contribution in [3.8, 4) is 5.75 Å². The van der Waals surface area contributed by atoms with Crippen molar-refractivity contribution in [3.05, 3.63) is 16.6 Å². The Morgan fingerprint density at radius 1 is 1.35 bits per heavy atom. The molecule has 20 heavy (non-hydrogen) atoms. The maximum Gasteiger partial charge on any atom is 0.155 e. The summed E-state index contributed by atoms with van der Waals surface area (Å²) in [5.41, 5.74) is 1.55. The van der Waals surface area contributed by atoms with Gasteiger partial charge in [-0.25, -0.2) is 13.5 Å². The minimum Gasteiger partial charge on any atom is -0.484 e. The number of halogens is 3. The molecule has 2 aromatic rings. The molecule has 0 radical (unpaired) electrons. The molecule has 7 heteroatoms. The first-order valence-corrected chi connectivity index (χ1v) is 7.32. The Bertz CT molecular complexity index is 611. The van der Waals surface area contributed by atoms with Crippen LogP contribution in [0.1, 0.15) is 12.8 Å². The lowest BCUT2D eigenvalue weighted by molar-refractivity contribution is 0.133. The van der Waals surface area contributed by atoms with E-state index < -0.39 is 19.5 Å². The van der Waals surface area contributed by atoms with Crippen LogP contribution in [-0.2, 0) is 6.54 Å². The van der Waals surface area contributed by atoms with E-state index in [4.69, 9.17) is 4.74 Å². The molecule has 0 atom stereocenters. The van der Waals surface area contributed by atoms with Gasteiger partial charge in [0, 0.05) is 6.54 Å². The van der Waals surface area contributed by atoms with Crippen molar-refractivity contribution in [2.24, 2.45) is 5.92 Å². The van der Waals surface area contributed by atoms with E-state index in [9.17, 15) is 8.78 Å². The van der Waals surface area contributed by atoms with Gasteiger partial charge in [-0.1, -0.05) is 5.21 Å². The molecule has 108 valence electrons. The zero-order valence-corrected chi connectivity index (χ0v) is 12.3. The van der Waals surface area contributed by atoms with Crippen LogP contribution in [0.25, 0.3) is 11.0 Å². The molecular formula is C13H14BrF2N3O. The van der Waals surface area contributed by atoms with Crippen LogP contribution in [-0.4, -0.2) is 34.4 Å². The highest BCUT2D eigenvalue weighted by molar-refractivity contribution is 9.10. The number of aromatic nitrogens is 3. The summed E-state index contributed by atoms with van der Waals surface area (Å²) >= 11 is 3.38. The van der Waals surface area contributed by atoms with Crippen LogP contribution in [0.4, 0.5) is 8.78 Å². The Hall–Kier alpha value is -1.24. The Morgan fingerprint density at radius 2 is 2.10 bits per heavy atom. The van der Waals surface area contributed by atoms with Crippen LogP contribution in [0.3, 0.4) is 0 Å². The molecule has 1 heterocycles. The zero-order chi connectivity index (χ0) is 14.1. The van der Waals surface area contributed by atoms with Gasteiger partial charge in [-0.05, 0) is 46.8 Å². The summed E-state index contributed by atoms with van der Waals surface area (Å²) in [4.78, 5) is 0. The second-order valence-electron chi connectivity index (χ2n) is 5.01. The average Bonchev–Trinajstić information content (AvgIpc) is 3.18. The van der Waals surface area contributed by atoms with E-state index in [1.165, 1.54) is 12.8 Å². The topological polar surface area (TPSA) is 39.9 Å². The van der Waals surface area contributed by atoms with Crippen molar-refractivity contribution in [2.45, 2.75) is 25.5 Å². The van der Waals surface area contributed by atoms with E-state index in [1.54, 1.807) is 6.07 Å². The summed E-state index contributed by atoms with van der Waals surface area (Å²) in [5.74, 6) is 1.08. The van der Waals surface area contributed by atoms with Gasteiger partial charge < -0.3 is 4.74 Å². The van der Waals surface area contributed by atoms with Gasteiger partial charge in [-0.3, -0.25) is 0 Å². The van der Waals surface area contributed by atoms with Crippen LogP contribution in [0.2, 0.25) is 0 Å². The third-order valence-corrected chi connectivity index (χ3v) is 4.12. The van der Waals surface area contributed by atoms with Gasteiger partial charge in [-0.15, -0.1) is 5.10 Å². The van der Waals surface area contributed by atoms with Crippen LogP contribution in [0, 0.1) is 5.92 Å². The van der Waals surface area contributed by atoms with Crippen molar-refractivity contribution < 1.29 is 13.5 Å². The largest absolute Gasteiger partial charge is 0.484 e. The fourth-order valence-electron chi connectivity index (χ4n) is 2.04. The second kappa shape index (κ2) is 5.63. The van der Waals surface area contributed by atoms with Gasteiger partial charge in [0.25, 0.3) is 0 Å². The minimum atomic E-state index is -1.08. The lowest BCUT2D eigenvalue weighted by Gasteiger charge is -2.14. The van der Waals surface area contributed by atoms with Gasteiger partial charge in [-0.2, -0.15) is 0 Å². The monoisotopic (exact) mass is 345 g/mol. The first-order chi connectivity index (χ1) is 9.72. The lowest BCUT2D eigenvalue weighted by atomic mass is 10.3. The predicted molar refractivity (Wildman–Crippen MR) is 74.3 cm³/mol. The van der Waals surface area contributed by atoms with Gasteiger partial charge in [0.1, 0.15) is 24.6 Å². The molecule has 1 aromatic heterocycles. The fraction of sp³-hybridized carbons (Fsp3) is 0.538. The fourth-order valence-corrected chi connectivity index (χ4v) is 2.55. The number of nitrogens with zero attached hydrogens (tertiary/aromatic N) is 3. The molecule has 3 rings (SSSR count). The molecule has 1 aliphatic carbocycles. The highest BCUT2D eigenvalue weighted by atomic mass is 79.9. The molecule has 0 bridgehead atoms. The molecule has 0 saturated heterocycles. The number of fused-ring (bicyclic) bond motifs is 1. The molecule has 0 unspecified atom stereocenters. The molecule has 0 aliphatic heterocycles. The summed E-state index contributed by atoms with van der Waals surface area (Å²) in [6, 6.07) is 3.52. The molecule has 1 saturated carbocycles. The van der Waals surface area contributed by atoms with Crippen molar-refractivity contribution in [1.82, 2.24) is 15.0 Å². The van der Waals surface area contributed by atoms with E-state index in [1.807, 2.05) is 10.7 Å². The summed E-state index contributed by atoms with van der Waals surface area (Å²) in [7, 11) is 0. The normalized spacial score (nSPS) is 15.2. The van der Waals surface area contributed by atoms with E-state index in [0.717, 1.165) is 12.1 Å². The third-order valence-electron chi connectivity index (χ3n) is 3.36. The Balaban J connectivity index is 1.90. The number of hydrogen-bond acceptors (Lipinski definition) is 3. The van der Waals surface area contributed by atoms with Gasteiger partial charge in [0.05, 0.1) is 9.99 Å². The third kappa shape index (κ3) is 2.63. The lowest BCUT2D eigenvalue weighted by Crippen LogP contribution is -2.21. The van der Waals surface area contributed by atoms with Gasteiger partial charge >= 0.3 is 0 Å². The first kappa shape index (κ1) is 13.7. The molecule has 1 aromatic carbocycles. The highest BCUT2D eigenvalue weighted by Crippen LogP contribution is 2.35. The molecule has 1 fully saturated rings. The number of hydrogen-bond donors (Lipinski definition) is 0. The minimum absolute atomic E-state index is 0.385. The van der Waals surface area contributed by atoms with E-state index in [-0.39, 0.29) is 0 Å². The first-order valence-electron chi connectivity index (χ1n) is 6.53. The Morgan fingerprint density at radius 3 is 2.75 bits per heavy atom.